The normalized spacial score (nSPS) is 17.6. The van der Waals surface area contributed by atoms with Gasteiger partial charge in [0.1, 0.15) is 23.9 Å². The lowest BCUT2D eigenvalue weighted by atomic mass is 9.79. The van der Waals surface area contributed by atoms with Crippen LogP contribution in [0.15, 0.2) is 60.7 Å². The first kappa shape index (κ1) is 27.4. The lowest BCUT2D eigenvalue weighted by Gasteiger charge is -2.35. The molecule has 0 aromatic heterocycles. The molecule has 6 heteroatoms. The van der Waals surface area contributed by atoms with Crippen molar-refractivity contribution in [1.82, 2.24) is 4.90 Å². The number of ether oxygens (including phenoxy) is 3. The Kier molecular flexibility index (Phi) is 8.95. The zero-order valence-electron chi connectivity index (χ0n) is 23.6. The molecule has 3 aromatic carbocycles. The van der Waals surface area contributed by atoms with Crippen LogP contribution in [0.3, 0.4) is 0 Å². The highest BCUT2D eigenvalue weighted by Gasteiger charge is 2.26. The number of benzene rings is 3. The number of nitrogens with zero attached hydrogens (tertiary/aromatic N) is 2. The number of methoxy groups -OCH3 is 1. The van der Waals surface area contributed by atoms with E-state index in [1.807, 2.05) is 12.1 Å². The highest BCUT2D eigenvalue weighted by molar-refractivity contribution is 5.60. The lowest BCUT2D eigenvalue weighted by molar-refractivity contribution is 0.0322. The number of rotatable bonds is 10. The number of aromatic hydroxyl groups is 1. The van der Waals surface area contributed by atoms with Crippen LogP contribution in [0.4, 0.5) is 5.69 Å². The van der Waals surface area contributed by atoms with Gasteiger partial charge >= 0.3 is 0 Å². The minimum Gasteiger partial charge on any atom is -0.508 e. The van der Waals surface area contributed by atoms with Crippen LogP contribution in [0, 0.1) is 0 Å². The molecule has 1 aliphatic heterocycles. The quantitative estimate of drug-likeness (QED) is 0.358. The molecule has 1 heterocycles. The maximum absolute atomic E-state index is 9.93. The first-order valence-electron chi connectivity index (χ1n) is 14.3. The predicted octanol–water partition coefficient (Wildman–Crippen LogP) is 5.80. The van der Waals surface area contributed by atoms with Crippen LogP contribution >= 0.6 is 0 Å². The number of anilines is 1. The van der Waals surface area contributed by atoms with Crippen molar-refractivity contribution in [2.45, 2.75) is 51.6 Å². The van der Waals surface area contributed by atoms with Crippen LogP contribution in [0.1, 0.15) is 48.4 Å². The average Bonchev–Trinajstić information content (AvgIpc) is 2.96. The molecule has 6 nitrogen and oxygen atoms in total. The SMILES string of the molecule is COc1ccc(C2CCc3cc(O)ccc3C2)c(N(Cc2ccc(OCCN3CCOCC3)cc2)C(C)C)c1. The van der Waals surface area contributed by atoms with E-state index >= 15 is 0 Å². The van der Waals surface area contributed by atoms with Gasteiger partial charge in [-0.3, -0.25) is 4.90 Å². The highest BCUT2D eigenvalue weighted by atomic mass is 16.5. The van der Waals surface area contributed by atoms with Gasteiger partial charge in [0, 0.05) is 44.0 Å². The summed E-state index contributed by atoms with van der Waals surface area (Å²) < 4.78 is 17.1. The van der Waals surface area contributed by atoms with Gasteiger partial charge < -0.3 is 24.2 Å². The molecule has 0 spiro atoms. The second-order valence-electron chi connectivity index (χ2n) is 11.0. The molecule has 5 rings (SSSR count). The van der Waals surface area contributed by atoms with Crippen molar-refractivity contribution in [2.75, 3.05) is 51.5 Å². The summed E-state index contributed by atoms with van der Waals surface area (Å²) in [6.45, 7) is 10.5. The summed E-state index contributed by atoms with van der Waals surface area (Å²) in [5.41, 5.74) is 6.47. The van der Waals surface area contributed by atoms with Gasteiger partial charge in [0.15, 0.2) is 0 Å². The zero-order valence-corrected chi connectivity index (χ0v) is 23.6. The van der Waals surface area contributed by atoms with E-state index in [0.717, 1.165) is 70.2 Å². The van der Waals surface area contributed by atoms with Crippen molar-refractivity contribution in [3.8, 4) is 17.2 Å². The molecule has 1 unspecified atom stereocenters. The van der Waals surface area contributed by atoms with Crippen LogP contribution < -0.4 is 14.4 Å². The van der Waals surface area contributed by atoms with Gasteiger partial charge in [-0.2, -0.15) is 0 Å². The van der Waals surface area contributed by atoms with Gasteiger partial charge in [-0.25, -0.2) is 0 Å². The average molecular weight is 531 g/mol. The molecular formula is C33H42N2O4. The third-order valence-corrected chi connectivity index (χ3v) is 8.08. The molecule has 0 radical (unpaired) electrons. The molecule has 0 saturated carbocycles. The molecule has 2 aliphatic rings. The van der Waals surface area contributed by atoms with E-state index in [0.29, 0.717) is 24.3 Å². The summed E-state index contributed by atoms with van der Waals surface area (Å²) in [5.74, 6) is 2.57. The Bertz CT molecular complexity index is 1220. The summed E-state index contributed by atoms with van der Waals surface area (Å²) in [6, 6.07) is 21.2. The molecule has 1 fully saturated rings. The summed E-state index contributed by atoms with van der Waals surface area (Å²) in [6.07, 6.45) is 3.03. The van der Waals surface area contributed by atoms with Gasteiger partial charge in [0.25, 0.3) is 0 Å². The number of hydrogen-bond donors (Lipinski definition) is 1. The van der Waals surface area contributed by atoms with Crippen molar-refractivity contribution in [1.29, 1.82) is 0 Å². The van der Waals surface area contributed by atoms with E-state index in [2.05, 4.69) is 72.2 Å². The maximum atomic E-state index is 9.93. The fraction of sp³-hybridized carbons (Fsp3) is 0.455. The number of fused-ring (bicyclic) bond motifs is 1. The highest BCUT2D eigenvalue weighted by Crippen LogP contribution is 2.40. The van der Waals surface area contributed by atoms with Gasteiger partial charge in [0.2, 0.25) is 0 Å². The third kappa shape index (κ3) is 6.87. The van der Waals surface area contributed by atoms with Gasteiger partial charge in [-0.15, -0.1) is 0 Å². The van der Waals surface area contributed by atoms with E-state index in [1.54, 1.807) is 7.11 Å². The predicted molar refractivity (Wildman–Crippen MR) is 156 cm³/mol. The Hall–Kier alpha value is -3.22. The Morgan fingerprint density at radius 2 is 1.74 bits per heavy atom. The molecule has 3 aromatic rings. The fourth-order valence-corrected chi connectivity index (χ4v) is 5.80. The standard InChI is InChI=1S/C33H42N2O4/c1-24(2)35(23-25-4-10-30(11-5-25)39-19-16-34-14-17-38-18-15-34)33-22-31(37-3)12-13-32(33)28-7-6-27-21-29(36)9-8-26(27)20-28/h4-5,8-13,21-22,24,28,36H,6-7,14-20,23H2,1-3H3. The Balaban J connectivity index is 1.30. The summed E-state index contributed by atoms with van der Waals surface area (Å²) >= 11 is 0. The van der Waals surface area contributed by atoms with E-state index in [1.165, 1.54) is 27.9 Å². The number of morpholine rings is 1. The first-order valence-corrected chi connectivity index (χ1v) is 14.3. The van der Waals surface area contributed by atoms with Crippen molar-refractivity contribution >= 4 is 5.69 Å². The Morgan fingerprint density at radius 1 is 0.974 bits per heavy atom. The maximum Gasteiger partial charge on any atom is 0.120 e. The largest absolute Gasteiger partial charge is 0.508 e. The smallest absolute Gasteiger partial charge is 0.120 e. The minimum atomic E-state index is 0.313. The van der Waals surface area contributed by atoms with Crippen LogP contribution in [0.25, 0.3) is 0 Å². The molecular weight excluding hydrogens is 488 g/mol. The molecule has 39 heavy (non-hydrogen) atoms. The molecule has 0 amide bonds. The van der Waals surface area contributed by atoms with Crippen molar-refractivity contribution in [3.05, 3.63) is 82.9 Å². The first-order chi connectivity index (χ1) is 19.0. The van der Waals surface area contributed by atoms with Gasteiger partial charge in [-0.1, -0.05) is 24.3 Å². The van der Waals surface area contributed by atoms with Crippen LogP contribution in [0.5, 0.6) is 17.2 Å². The second kappa shape index (κ2) is 12.8. The van der Waals surface area contributed by atoms with Gasteiger partial charge in [0.05, 0.1) is 20.3 Å². The zero-order chi connectivity index (χ0) is 27.2. The second-order valence-corrected chi connectivity index (χ2v) is 11.0. The summed E-state index contributed by atoms with van der Waals surface area (Å²) in [5, 5.41) is 9.93. The van der Waals surface area contributed by atoms with E-state index in [-0.39, 0.29) is 0 Å². The van der Waals surface area contributed by atoms with Crippen molar-refractivity contribution in [2.24, 2.45) is 0 Å². The van der Waals surface area contributed by atoms with Crippen molar-refractivity contribution < 1.29 is 19.3 Å². The monoisotopic (exact) mass is 530 g/mol. The Morgan fingerprint density at radius 3 is 2.49 bits per heavy atom. The number of phenols is 1. The molecule has 208 valence electrons. The topological polar surface area (TPSA) is 54.4 Å². The summed E-state index contributed by atoms with van der Waals surface area (Å²) in [7, 11) is 1.74. The van der Waals surface area contributed by atoms with Crippen LogP contribution in [0.2, 0.25) is 0 Å². The van der Waals surface area contributed by atoms with E-state index in [9.17, 15) is 5.11 Å². The van der Waals surface area contributed by atoms with E-state index in [4.69, 9.17) is 14.2 Å². The number of phenolic OH excluding ortho intramolecular Hbond substituents is 1. The molecule has 1 saturated heterocycles. The lowest BCUT2D eigenvalue weighted by Crippen LogP contribution is -2.38. The fourth-order valence-electron chi connectivity index (χ4n) is 5.80. The van der Waals surface area contributed by atoms with E-state index < -0.39 is 0 Å². The van der Waals surface area contributed by atoms with Crippen molar-refractivity contribution in [3.63, 3.8) is 0 Å². The van der Waals surface area contributed by atoms with Gasteiger partial charge in [-0.05, 0) is 91.6 Å². The van der Waals surface area contributed by atoms with Crippen LogP contribution in [-0.2, 0) is 24.1 Å². The third-order valence-electron chi connectivity index (χ3n) is 8.08. The summed E-state index contributed by atoms with van der Waals surface area (Å²) in [4.78, 5) is 4.87. The van der Waals surface area contributed by atoms with Crippen LogP contribution in [-0.4, -0.2) is 62.6 Å². The molecule has 1 atom stereocenters. The molecule has 1 aliphatic carbocycles. The molecule has 1 N–H and O–H groups in total. The Labute approximate surface area is 233 Å². The number of hydrogen-bond acceptors (Lipinski definition) is 6. The number of aryl methyl sites for hydroxylation is 1. The minimum absolute atomic E-state index is 0.313. The molecule has 0 bridgehead atoms.